The molecule has 0 saturated carbocycles. The molecule has 1 aliphatic carbocycles. The Morgan fingerprint density at radius 1 is 0.842 bits per heavy atom. The van der Waals surface area contributed by atoms with Crippen molar-refractivity contribution in [1.82, 2.24) is 4.90 Å². The molecular formula is C28H39ClN2O7. The first kappa shape index (κ1) is 29.5. The van der Waals surface area contributed by atoms with Crippen molar-refractivity contribution in [1.29, 1.82) is 0 Å². The van der Waals surface area contributed by atoms with Crippen molar-refractivity contribution in [2.75, 3.05) is 68.8 Å². The Morgan fingerprint density at radius 3 is 2.03 bits per heavy atom. The van der Waals surface area contributed by atoms with E-state index in [-0.39, 0.29) is 24.2 Å². The summed E-state index contributed by atoms with van der Waals surface area (Å²) in [6, 6.07) is 5.94. The van der Waals surface area contributed by atoms with E-state index in [1.807, 2.05) is 23.1 Å². The van der Waals surface area contributed by atoms with Crippen LogP contribution in [0.3, 0.4) is 0 Å². The van der Waals surface area contributed by atoms with E-state index in [1.54, 1.807) is 42.7 Å². The lowest BCUT2D eigenvalue weighted by Gasteiger charge is -2.36. The maximum Gasteiger partial charge on any atom is 0.226 e. The number of nitrogens with one attached hydrogen (secondary N) is 1. The third-order valence-electron chi connectivity index (χ3n) is 7.59. The zero-order chi connectivity index (χ0) is 26.5. The molecule has 38 heavy (non-hydrogen) atoms. The van der Waals surface area contributed by atoms with Gasteiger partial charge in [-0.2, -0.15) is 0 Å². The SMILES string of the molecule is COc1ccc(C[NH+]2CCN(C(=O)C3CCc4c(cc(OC)c(OC)c4OC)C3)CC2)c(OC)c1OC.[Cl-]. The molecule has 2 aliphatic rings. The molecule has 0 spiro atoms. The highest BCUT2D eigenvalue weighted by molar-refractivity contribution is 5.80. The van der Waals surface area contributed by atoms with Gasteiger partial charge in [-0.05, 0) is 43.0 Å². The number of halogens is 1. The largest absolute Gasteiger partial charge is 1.00 e. The van der Waals surface area contributed by atoms with Crippen LogP contribution in [0, 0.1) is 5.92 Å². The Labute approximate surface area is 231 Å². The normalized spacial score (nSPS) is 17.1. The van der Waals surface area contributed by atoms with Gasteiger partial charge in [-0.3, -0.25) is 4.79 Å². The van der Waals surface area contributed by atoms with Gasteiger partial charge < -0.3 is 50.6 Å². The molecule has 0 radical (unpaired) electrons. The molecule has 1 fully saturated rings. The minimum Gasteiger partial charge on any atom is -1.00 e. The molecule has 2 aromatic rings. The molecule has 1 N–H and O–H groups in total. The standard InChI is InChI=1S/C28H38N2O7.ClH/c1-32-22-10-8-19(24(34-3)26(22)36-5)17-29-11-13-30(14-12-29)28(31)18-7-9-21-20(15-18)16-23(33-2)27(37-6)25(21)35-4;/h8,10,16,18H,7,9,11-15,17H2,1-6H3;1H. The number of amides is 1. The van der Waals surface area contributed by atoms with Crippen molar-refractivity contribution in [3.8, 4) is 34.5 Å². The summed E-state index contributed by atoms with van der Waals surface area (Å²) in [4.78, 5) is 16.9. The van der Waals surface area contributed by atoms with Crippen LogP contribution in [-0.4, -0.2) is 79.6 Å². The Morgan fingerprint density at radius 2 is 1.45 bits per heavy atom. The molecule has 1 heterocycles. The van der Waals surface area contributed by atoms with Gasteiger partial charge in [0.1, 0.15) is 6.54 Å². The third kappa shape index (κ3) is 5.68. The number of hydrogen-bond donors (Lipinski definition) is 1. The molecule has 9 nitrogen and oxygen atoms in total. The lowest BCUT2D eigenvalue weighted by atomic mass is 9.82. The summed E-state index contributed by atoms with van der Waals surface area (Å²) in [5.74, 6) is 4.12. The van der Waals surface area contributed by atoms with Crippen molar-refractivity contribution in [2.45, 2.75) is 25.8 Å². The van der Waals surface area contributed by atoms with Gasteiger partial charge in [-0.25, -0.2) is 0 Å². The van der Waals surface area contributed by atoms with Crippen LogP contribution in [0.4, 0.5) is 0 Å². The highest BCUT2D eigenvalue weighted by atomic mass is 35.5. The molecule has 10 heteroatoms. The van der Waals surface area contributed by atoms with E-state index in [0.29, 0.717) is 40.9 Å². The van der Waals surface area contributed by atoms with Crippen LogP contribution in [0.2, 0.25) is 0 Å². The molecule has 1 unspecified atom stereocenters. The number of fused-ring (bicyclic) bond motifs is 1. The first-order valence-electron chi connectivity index (χ1n) is 12.7. The van der Waals surface area contributed by atoms with Gasteiger partial charge in [0.15, 0.2) is 23.0 Å². The molecule has 0 aromatic heterocycles. The fourth-order valence-electron chi connectivity index (χ4n) is 5.67. The number of nitrogens with zero attached hydrogens (tertiary/aromatic N) is 1. The topological polar surface area (TPSA) is 80.1 Å². The second-order valence-corrected chi connectivity index (χ2v) is 9.47. The first-order valence-corrected chi connectivity index (χ1v) is 12.7. The maximum atomic E-state index is 13.5. The van der Waals surface area contributed by atoms with Crippen LogP contribution in [0.1, 0.15) is 23.1 Å². The van der Waals surface area contributed by atoms with Crippen LogP contribution in [0.25, 0.3) is 0 Å². The maximum absolute atomic E-state index is 13.5. The van der Waals surface area contributed by atoms with Crippen molar-refractivity contribution < 1.29 is 50.5 Å². The minimum atomic E-state index is -0.0391. The predicted molar refractivity (Wildman–Crippen MR) is 139 cm³/mol. The van der Waals surface area contributed by atoms with Crippen molar-refractivity contribution in [2.24, 2.45) is 5.92 Å². The number of methoxy groups -OCH3 is 6. The molecule has 2 aromatic carbocycles. The number of rotatable bonds is 9. The number of piperazine rings is 1. The van der Waals surface area contributed by atoms with Gasteiger partial charge in [0.2, 0.25) is 17.4 Å². The first-order chi connectivity index (χ1) is 18.0. The molecule has 1 aliphatic heterocycles. The van der Waals surface area contributed by atoms with E-state index in [1.165, 1.54) is 4.90 Å². The smallest absolute Gasteiger partial charge is 0.226 e. The lowest BCUT2D eigenvalue weighted by Crippen LogP contribution is -3.13. The highest BCUT2D eigenvalue weighted by Crippen LogP contribution is 2.45. The zero-order valence-electron chi connectivity index (χ0n) is 23.1. The number of ether oxygens (including phenoxy) is 6. The van der Waals surface area contributed by atoms with Crippen molar-refractivity contribution in [3.05, 3.63) is 34.9 Å². The highest BCUT2D eigenvalue weighted by Gasteiger charge is 2.34. The molecule has 210 valence electrons. The Balaban J connectivity index is 0.00000400. The van der Waals surface area contributed by atoms with Gasteiger partial charge in [-0.15, -0.1) is 0 Å². The number of hydrogen-bond acceptors (Lipinski definition) is 7. The van der Waals surface area contributed by atoms with E-state index < -0.39 is 0 Å². The summed E-state index contributed by atoms with van der Waals surface area (Å²) in [5.41, 5.74) is 3.28. The van der Waals surface area contributed by atoms with Gasteiger partial charge in [-0.1, -0.05) is 0 Å². The van der Waals surface area contributed by atoms with Crippen LogP contribution in [0.5, 0.6) is 34.5 Å². The summed E-state index contributed by atoms with van der Waals surface area (Å²) in [5, 5.41) is 0. The number of quaternary nitrogens is 1. The zero-order valence-corrected chi connectivity index (χ0v) is 23.9. The van der Waals surface area contributed by atoms with E-state index >= 15 is 0 Å². The summed E-state index contributed by atoms with van der Waals surface area (Å²) in [6.07, 6.45) is 2.26. The van der Waals surface area contributed by atoms with E-state index in [4.69, 9.17) is 28.4 Å². The van der Waals surface area contributed by atoms with E-state index in [2.05, 4.69) is 0 Å². The monoisotopic (exact) mass is 550 g/mol. The molecule has 1 saturated heterocycles. The van der Waals surface area contributed by atoms with Gasteiger partial charge >= 0.3 is 0 Å². The molecule has 0 bridgehead atoms. The molecular weight excluding hydrogens is 512 g/mol. The second kappa shape index (κ2) is 13.2. The van der Waals surface area contributed by atoms with Gasteiger partial charge in [0.25, 0.3) is 0 Å². The molecule has 1 amide bonds. The Hall–Kier alpha value is -3.04. The fourth-order valence-corrected chi connectivity index (χ4v) is 5.67. The van der Waals surface area contributed by atoms with Crippen molar-refractivity contribution in [3.63, 3.8) is 0 Å². The quantitative estimate of drug-likeness (QED) is 0.419. The summed E-state index contributed by atoms with van der Waals surface area (Å²) in [7, 11) is 9.77. The predicted octanol–water partition coefficient (Wildman–Crippen LogP) is -1.23. The Bertz CT molecular complexity index is 1120. The van der Waals surface area contributed by atoms with E-state index in [9.17, 15) is 4.79 Å². The fraction of sp³-hybridized carbons (Fsp3) is 0.536. The summed E-state index contributed by atoms with van der Waals surface area (Å²) in [6.45, 7) is 4.03. The molecule has 1 atom stereocenters. The minimum absolute atomic E-state index is 0. The van der Waals surface area contributed by atoms with Crippen LogP contribution in [0.15, 0.2) is 18.2 Å². The number of carbonyl (C=O) groups excluding carboxylic acids is 1. The number of benzene rings is 2. The summed E-state index contributed by atoms with van der Waals surface area (Å²) < 4.78 is 33.3. The van der Waals surface area contributed by atoms with Gasteiger partial charge in [0.05, 0.1) is 74.4 Å². The van der Waals surface area contributed by atoms with Crippen LogP contribution >= 0.6 is 0 Å². The van der Waals surface area contributed by atoms with Gasteiger partial charge in [0, 0.05) is 11.5 Å². The third-order valence-corrected chi connectivity index (χ3v) is 7.59. The summed E-state index contributed by atoms with van der Waals surface area (Å²) >= 11 is 0. The van der Waals surface area contributed by atoms with Crippen LogP contribution < -0.4 is 45.7 Å². The Kier molecular flexibility index (Phi) is 10.2. The van der Waals surface area contributed by atoms with Crippen molar-refractivity contribution >= 4 is 5.91 Å². The number of carbonyl (C=O) groups is 1. The van der Waals surface area contributed by atoms with Crippen LogP contribution in [-0.2, 0) is 24.2 Å². The molecule has 4 rings (SSSR count). The average molecular weight is 551 g/mol. The average Bonchev–Trinajstić information content (AvgIpc) is 2.95. The second-order valence-electron chi connectivity index (χ2n) is 9.47. The lowest BCUT2D eigenvalue weighted by molar-refractivity contribution is -0.917. The van der Waals surface area contributed by atoms with E-state index in [0.717, 1.165) is 62.3 Å².